The molecule has 166 valence electrons. The smallest absolute Gasteiger partial charge is 0.227 e. The fourth-order valence-electron chi connectivity index (χ4n) is 4.34. The van der Waals surface area contributed by atoms with Crippen LogP contribution in [0, 0.1) is 0 Å². The van der Waals surface area contributed by atoms with Gasteiger partial charge in [0.15, 0.2) is 15.0 Å². The highest BCUT2D eigenvalue weighted by Crippen LogP contribution is 2.34. The number of thioether (sulfide) groups is 1. The molecule has 0 saturated carbocycles. The second-order valence-corrected chi connectivity index (χ2v) is 11.8. The molecule has 0 radical (unpaired) electrons. The highest BCUT2D eigenvalue weighted by atomic mass is 32.2. The van der Waals surface area contributed by atoms with E-state index in [1.807, 2.05) is 47.4 Å². The van der Waals surface area contributed by atoms with Crippen molar-refractivity contribution in [3.63, 3.8) is 0 Å². The number of amidine groups is 1. The Morgan fingerprint density at radius 1 is 1.09 bits per heavy atom. The molecule has 0 aliphatic carbocycles. The zero-order valence-corrected chi connectivity index (χ0v) is 19.2. The van der Waals surface area contributed by atoms with E-state index in [2.05, 4.69) is 28.5 Å². The highest BCUT2D eigenvalue weighted by Gasteiger charge is 2.42. The summed E-state index contributed by atoms with van der Waals surface area (Å²) in [4.78, 5) is 19.2. The Morgan fingerprint density at radius 2 is 1.88 bits per heavy atom. The van der Waals surface area contributed by atoms with Crippen molar-refractivity contribution in [2.75, 3.05) is 29.9 Å². The normalized spacial score (nSPS) is 23.9. The van der Waals surface area contributed by atoms with Gasteiger partial charge in [-0.25, -0.2) is 8.42 Å². The van der Waals surface area contributed by atoms with Crippen molar-refractivity contribution in [2.45, 2.75) is 24.1 Å². The van der Waals surface area contributed by atoms with Crippen LogP contribution in [0.4, 0.5) is 5.69 Å². The van der Waals surface area contributed by atoms with E-state index in [4.69, 9.17) is 0 Å². The minimum Gasteiger partial charge on any atom is -0.338 e. The molecule has 2 aromatic carbocycles. The summed E-state index contributed by atoms with van der Waals surface area (Å²) in [5, 5.41) is 4.08. The average Bonchev–Trinajstić information content (AvgIpc) is 3.28. The second-order valence-electron chi connectivity index (χ2n) is 8.42. The van der Waals surface area contributed by atoms with Crippen LogP contribution in [0.1, 0.15) is 17.5 Å². The lowest BCUT2D eigenvalue weighted by Gasteiger charge is -2.27. The van der Waals surface area contributed by atoms with Crippen molar-refractivity contribution in [1.29, 1.82) is 0 Å². The summed E-state index contributed by atoms with van der Waals surface area (Å²) < 4.78 is 23.4. The molecule has 3 heterocycles. The van der Waals surface area contributed by atoms with E-state index in [1.165, 1.54) is 22.9 Å². The summed E-state index contributed by atoms with van der Waals surface area (Å²) >= 11 is 1.50. The van der Waals surface area contributed by atoms with E-state index in [1.54, 1.807) is 0 Å². The van der Waals surface area contributed by atoms with Gasteiger partial charge in [0.1, 0.15) is 0 Å². The van der Waals surface area contributed by atoms with Gasteiger partial charge in [-0.1, -0.05) is 60.3 Å². The highest BCUT2D eigenvalue weighted by molar-refractivity contribution is 8.15. The van der Waals surface area contributed by atoms with Gasteiger partial charge in [0.05, 0.1) is 24.0 Å². The maximum atomic E-state index is 12.7. The van der Waals surface area contributed by atoms with Crippen molar-refractivity contribution in [3.05, 3.63) is 71.8 Å². The molecule has 2 aromatic rings. The van der Waals surface area contributed by atoms with Gasteiger partial charge < -0.3 is 10.2 Å². The average molecular weight is 468 g/mol. The van der Waals surface area contributed by atoms with Crippen molar-refractivity contribution in [3.8, 4) is 0 Å². The van der Waals surface area contributed by atoms with Gasteiger partial charge in [-0.3, -0.25) is 9.79 Å². The quantitative estimate of drug-likeness (QED) is 0.747. The number of anilines is 1. The molecule has 5 rings (SSSR count). The number of hydrogen-bond donors (Lipinski definition) is 1. The Morgan fingerprint density at radius 3 is 2.56 bits per heavy atom. The topological polar surface area (TPSA) is 78.8 Å². The van der Waals surface area contributed by atoms with Crippen LogP contribution >= 0.6 is 11.8 Å². The van der Waals surface area contributed by atoms with Gasteiger partial charge in [-0.2, -0.15) is 0 Å². The molecule has 1 fully saturated rings. The van der Waals surface area contributed by atoms with Crippen molar-refractivity contribution < 1.29 is 13.2 Å². The molecule has 32 heavy (non-hydrogen) atoms. The second kappa shape index (κ2) is 8.75. The molecule has 0 unspecified atom stereocenters. The monoisotopic (exact) mass is 467 g/mol. The van der Waals surface area contributed by atoms with E-state index >= 15 is 0 Å². The van der Waals surface area contributed by atoms with Crippen molar-refractivity contribution in [1.82, 2.24) is 4.90 Å². The Bertz CT molecular complexity index is 1170. The molecule has 0 bridgehead atoms. The summed E-state index contributed by atoms with van der Waals surface area (Å²) in [7, 11) is -2.94. The molecule has 8 heteroatoms. The van der Waals surface area contributed by atoms with Gasteiger partial charge >= 0.3 is 0 Å². The lowest BCUT2D eigenvalue weighted by atomic mass is 9.99. The first-order valence-electron chi connectivity index (χ1n) is 10.8. The molecule has 2 atom stereocenters. The first-order chi connectivity index (χ1) is 15.4. The lowest BCUT2D eigenvalue weighted by molar-refractivity contribution is -0.130. The van der Waals surface area contributed by atoms with Gasteiger partial charge in [0, 0.05) is 24.0 Å². The number of amides is 1. The van der Waals surface area contributed by atoms with Crippen LogP contribution in [-0.4, -0.2) is 60.3 Å². The maximum Gasteiger partial charge on any atom is 0.227 e. The number of hydrogen-bond acceptors (Lipinski definition) is 6. The summed E-state index contributed by atoms with van der Waals surface area (Å²) in [6.45, 7) is 1.39. The Kier molecular flexibility index (Phi) is 5.82. The number of nitrogens with one attached hydrogen (secondary N) is 1. The molecule has 0 aromatic heterocycles. The maximum absolute atomic E-state index is 12.7. The summed E-state index contributed by atoms with van der Waals surface area (Å²) in [5.74, 6) is 0.491. The van der Waals surface area contributed by atoms with Gasteiger partial charge in [-0.05, 0) is 35.3 Å². The third kappa shape index (κ3) is 4.76. The Hall–Kier alpha value is -2.58. The molecule has 1 amide bonds. The Labute approximate surface area is 192 Å². The van der Waals surface area contributed by atoms with Crippen LogP contribution in [0.15, 0.2) is 65.7 Å². The molecular formula is C24H25N3O3S2. The fraction of sp³-hybridized carbons (Fsp3) is 0.333. The van der Waals surface area contributed by atoms with Crippen molar-refractivity contribution >= 4 is 43.9 Å². The molecule has 0 spiro atoms. The number of sulfone groups is 1. The minimum absolute atomic E-state index is 0.0281. The van der Waals surface area contributed by atoms with E-state index < -0.39 is 9.84 Å². The number of carbonyl (C=O) groups excluding carboxylic acids is 1. The van der Waals surface area contributed by atoms with Crippen LogP contribution in [-0.2, 0) is 21.1 Å². The first-order valence-corrected chi connectivity index (χ1v) is 13.5. The predicted octanol–water partition coefficient (Wildman–Crippen LogP) is 3.23. The van der Waals surface area contributed by atoms with E-state index in [0.29, 0.717) is 13.0 Å². The SMILES string of the molecule is O=C(Cc1ccc(NC2=N[C@@H]3CS(=O)(=O)C[C@H]3S2)cc1)N1CC=C(c2ccccc2)CC1. The lowest BCUT2D eigenvalue weighted by Crippen LogP contribution is -2.35. The van der Waals surface area contributed by atoms with E-state index in [9.17, 15) is 13.2 Å². The van der Waals surface area contributed by atoms with Crippen LogP contribution in [0.25, 0.3) is 5.57 Å². The number of fused-ring (bicyclic) bond motifs is 1. The number of nitrogens with zero attached hydrogens (tertiary/aromatic N) is 2. The predicted molar refractivity (Wildman–Crippen MR) is 131 cm³/mol. The number of benzene rings is 2. The van der Waals surface area contributed by atoms with Crippen LogP contribution in [0.5, 0.6) is 0 Å². The molecule has 1 saturated heterocycles. The summed E-state index contributed by atoms with van der Waals surface area (Å²) in [6.07, 6.45) is 3.42. The number of aliphatic imine (C=N–C) groups is 1. The van der Waals surface area contributed by atoms with E-state index in [0.717, 1.165) is 29.4 Å². The molecular weight excluding hydrogens is 442 g/mol. The van der Waals surface area contributed by atoms with Gasteiger partial charge in [0.25, 0.3) is 0 Å². The number of carbonyl (C=O) groups is 1. The zero-order chi connectivity index (χ0) is 22.1. The largest absolute Gasteiger partial charge is 0.338 e. The molecule has 6 nitrogen and oxygen atoms in total. The Balaban J connectivity index is 1.14. The van der Waals surface area contributed by atoms with Crippen LogP contribution in [0.2, 0.25) is 0 Å². The molecule has 3 aliphatic rings. The van der Waals surface area contributed by atoms with Crippen LogP contribution < -0.4 is 5.32 Å². The number of rotatable bonds is 4. The minimum atomic E-state index is -2.94. The van der Waals surface area contributed by atoms with Gasteiger partial charge in [0.2, 0.25) is 5.91 Å². The first kappa shape index (κ1) is 21.3. The van der Waals surface area contributed by atoms with Crippen LogP contribution in [0.3, 0.4) is 0 Å². The zero-order valence-electron chi connectivity index (χ0n) is 17.6. The third-order valence-electron chi connectivity index (χ3n) is 6.09. The third-order valence-corrected chi connectivity index (χ3v) is 9.23. The van der Waals surface area contributed by atoms with Crippen molar-refractivity contribution in [2.24, 2.45) is 4.99 Å². The summed E-state index contributed by atoms with van der Waals surface area (Å²) in [6, 6.07) is 18.0. The van der Waals surface area contributed by atoms with Gasteiger partial charge in [-0.15, -0.1) is 0 Å². The van der Waals surface area contributed by atoms with E-state index in [-0.39, 0.29) is 28.7 Å². The molecule has 1 N–H and O–H groups in total. The summed E-state index contributed by atoms with van der Waals surface area (Å²) in [5.41, 5.74) is 4.41. The fourth-order valence-corrected chi connectivity index (χ4v) is 8.02. The standard InChI is InChI=1S/C24H25N3O3S2/c28-23(27-12-10-19(11-13-27)18-4-2-1-3-5-18)14-17-6-8-20(9-7-17)25-24-26-21-15-32(29,30)16-22(21)31-24/h1-10,21-22H,11-16H2,(H,25,26)/t21-,22-/m1/s1. The molecule has 3 aliphatic heterocycles.